The van der Waals surface area contributed by atoms with E-state index in [0.717, 1.165) is 0 Å². The molecule has 0 unspecified atom stereocenters. The van der Waals surface area contributed by atoms with Crippen LogP contribution in [0.25, 0.3) is 11.1 Å². The van der Waals surface area contributed by atoms with Gasteiger partial charge in [0.2, 0.25) is 0 Å². The Morgan fingerprint density at radius 1 is 1.30 bits per heavy atom. The molecule has 0 saturated heterocycles. The molecule has 0 aliphatic carbocycles. The third-order valence-electron chi connectivity index (χ3n) is 2.79. The van der Waals surface area contributed by atoms with Crippen molar-refractivity contribution in [2.45, 2.75) is 0 Å². The summed E-state index contributed by atoms with van der Waals surface area (Å²) in [7, 11) is 0. The molecule has 4 N–H and O–H groups in total. The molecule has 3 aromatic rings. The largest absolute Gasteiger partial charge is 0.417 e. The number of hydrogen-bond acceptors (Lipinski definition) is 4. The zero-order chi connectivity index (χ0) is 14.3. The Balaban J connectivity index is 2.02. The van der Waals surface area contributed by atoms with Gasteiger partial charge in [-0.3, -0.25) is 4.98 Å². The molecule has 1 heterocycles. The smallest absolute Gasteiger partial charge is 0.408 e. The van der Waals surface area contributed by atoms with Gasteiger partial charge in [0, 0.05) is 11.8 Å². The highest BCUT2D eigenvalue weighted by molar-refractivity contribution is 9.10. The first kappa shape index (κ1) is 12.7. The van der Waals surface area contributed by atoms with Crippen LogP contribution < -0.4 is 16.8 Å². The van der Waals surface area contributed by atoms with Crippen molar-refractivity contribution in [2.24, 2.45) is 0 Å². The zero-order valence-electron chi connectivity index (χ0n) is 10.0. The molecular formula is C13H9BrFN3O2. The lowest BCUT2D eigenvalue weighted by Gasteiger charge is -2.09. The number of fused-ring (bicyclic) bond motifs is 1. The number of hydrogen-bond donors (Lipinski definition) is 3. The minimum atomic E-state index is -0.550. The summed E-state index contributed by atoms with van der Waals surface area (Å²) in [5.74, 6) is -0.933. The molecule has 102 valence electrons. The summed E-state index contributed by atoms with van der Waals surface area (Å²) in [5.41, 5.74) is 8.25. The Kier molecular flexibility index (Phi) is 2.98. The number of rotatable bonds is 2. The number of halogens is 2. The van der Waals surface area contributed by atoms with Crippen LogP contribution in [0.5, 0.6) is 0 Å². The predicted octanol–water partition coefficient (Wildman–Crippen LogP) is 3.35. The standard InChI is InChI=1S/C13H9BrFN3O2/c14-7-2-1-6(3-8(7)15)17-10-5-11-12(4-9(10)16)20-13(19)18-11/h1-5,17H,16H2,(H,18,19). The van der Waals surface area contributed by atoms with Crippen LogP contribution in [0.1, 0.15) is 0 Å². The Morgan fingerprint density at radius 3 is 2.85 bits per heavy atom. The molecule has 2 aromatic carbocycles. The Hall–Kier alpha value is -2.28. The molecule has 1 aromatic heterocycles. The van der Waals surface area contributed by atoms with Crippen LogP contribution in [0.15, 0.2) is 44.0 Å². The highest BCUT2D eigenvalue weighted by Crippen LogP contribution is 2.28. The highest BCUT2D eigenvalue weighted by atomic mass is 79.9. The van der Waals surface area contributed by atoms with E-state index in [4.69, 9.17) is 10.2 Å². The minimum absolute atomic E-state index is 0.375. The lowest BCUT2D eigenvalue weighted by atomic mass is 10.2. The zero-order valence-corrected chi connectivity index (χ0v) is 11.6. The molecule has 20 heavy (non-hydrogen) atoms. The van der Waals surface area contributed by atoms with Gasteiger partial charge < -0.3 is 15.5 Å². The number of oxazole rings is 1. The minimum Gasteiger partial charge on any atom is -0.408 e. The fourth-order valence-corrected chi connectivity index (χ4v) is 2.10. The summed E-state index contributed by atoms with van der Waals surface area (Å²) in [6, 6.07) is 7.80. The normalized spacial score (nSPS) is 10.9. The van der Waals surface area contributed by atoms with Crippen molar-refractivity contribution >= 4 is 44.1 Å². The van der Waals surface area contributed by atoms with Crippen molar-refractivity contribution in [3.05, 3.63) is 51.2 Å². The van der Waals surface area contributed by atoms with E-state index >= 15 is 0 Å². The van der Waals surface area contributed by atoms with Crippen LogP contribution in [0.2, 0.25) is 0 Å². The van der Waals surface area contributed by atoms with Gasteiger partial charge in [0.25, 0.3) is 0 Å². The van der Waals surface area contributed by atoms with Gasteiger partial charge in [-0.1, -0.05) is 0 Å². The van der Waals surface area contributed by atoms with Crippen molar-refractivity contribution in [2.75, 3.05) is 11.1 Å². The Labute approximate surface area is 120 Å². The Bertz CT molecular complexity index is 856. The van der Waals surface area contributed by atoms with Crippen molar-refractivity contribution < 1.29 is 8.81 Å². The van der Waals surface area contributed by atoms with Gasteiger partial charge in [0.05, 0.1) is 21.4 Å². The second kappa shape index (κ2) is 4.68. The lowest BCUT2D eigenvalue weighted by Crippen LogP contribution is -1.97. The molecule has 0 bridgehead atoms. The first-order chi connectivity index (χ1) is 9.52. The van der Waals surface area contributed by atoms with Crippen molar-refractivity contribution in [1.82, 2.24) is 4.98 Å². The summed E-state index contributed by atoms with van der Waals surface area (Å²) < 4.78 is 18.7. The number of nitrogens with two attached hydrogens (primary N) is 1. The number of nitrogens with one attached hydrogen (secondary N) is 2. The van der Waals surface area contributed by atoms with Crippen LogP contribution in [0.3, 0.4) is 0 Å². The first-order valence-corrected chi connectivity index (χ1v) is 6.46. The average Bonchev–Trinajstić information content (AvgIpc) is 2.73. The third kappa shape index (κ3) is 2.27. The fourth-order valence-electron chi connectivity index (χ4n) is 1.85. The van der Waals surface area contributed by atoms with E-state index in [-0.39, 0.29) is 5.82 Å². The lowest BCUT2D eigenvalue weighted by molar-refractivity contribution is 0.555. The van der Waals surface area contributed by atoms with Crippen molar-refractivity contribution in [3.63, 3.8) is 0 Å². The quantitative estimate of drug-likeness (QED) is 0.626. The number of H-pyrrole nitrogens is 1. The summed E-state index contributed by atoms with van der Waals surface area (Å²) in [6.45, 7) is 0. The molecule has 7 heteroatoms. The number of aromatic nitrogens is 1. The van der Waals surface area contributed by atoms with Crippen LogP contribution in [0, 0.1) is 5.82 Å². The van der Waals surface area contributed by atoms with Gasteiger partial charge in [0.15, 0.2) is 5.58 Å². The van der Waals surface area contributed by atoms with Gasteiger partial charge in [0.1, 0.15) is 5.82 Å². The van der Waals surface area contributed by atoms with Gasteiger partial charge in [-0.2, -0.15) is 0 Å². The number of anilines is 3. The van der Waals surface area contributed by atoms with Crippen LogP contribution in [0.4, 0.5) is 21.5 Å². The molecule has 3 rings (SSSR count). The molecule has 0 aliphatic rings. The third-order valence-corrected chi connectivity index (χ3v) is 3.43. The monoisotopic (exact) mass is 337 g/mol. The maximum atomic E-state index is 13.5. The van der Waals surface area contributed by atoms with Crippen LogP contribution in [-0.4, -0.2) is 4.98 Å². The second-order valence-corrected chi connectivity index (χ2v) is 5.06. The topological polar surface area (TPSA) is 84.0 Å². The van der Waals surface area contributed by atoms with E-state index in [1.54, 1.807) is 18.2 Å². The van der Waals surface area contributed by atoms with Gasteiger partial charge in [-0.05, 0) is 40.2 Å². The number of aromatic amines is 1. The molecule has 5 nitrogen and oxygen atoms in total. The van der Waals surface area contributed by atoms with Crippen molar-refractivity contribution in [1.29, 1.82) is 0 Å². The first-order valence-electron chi connectivity index (χ1n) is 5.67. The summed E-state index contributed by atoms with van der Waals surface area (Å²) >= 11 is 3.08. The number of benzene rings is 2. The molecule has 0 aliphatic heterocycles. The van der Waals surface area contributed by atoms with Gasteiger partial charge in [-0.15, -0.1) is 0 Å². The van der Waals surface area contributed by atoms with Gasteiger partial charge in [-0.25, -0.2) is 9.18 Å². The summed E-state index contributed by atoms with van der Waals surface area (Å²) in [4.78, 5) is 13.6. The van der Waals surface area contributed by atoms with E-state index < -0.39 is 5.76 Å². The molecular weight excluding hydrogens is 329 g/mol. The Morgan fingerprint density at radius 2 is 2.10 bits per heavy atom. The number of nitrogen functional groups attached to an aromatic ring is 1. The predicted molar refractivity (Wildman–Crippen MR) is 78.6 cm³/mol. The maximum Gasteiger partial charge on any atom is 0.417 e. The van der Waals surface area contributed by atoms with E-state index in [1.807, 2.05) is 0 Å². The van der Waals surface area contributed by atoms with Crippen molar-refractivity contribution in [3.8, 4) is 0 Å². The van der Waals surface area contributed by atoms with E-state index in [9.17, 15) is 9.18 Å². The molecule has 0 amide bonds. The molecule has 0 radical (unpaired) electrons. The maximum absolute atomic E-state index is 13.5. The molecule has 0 spiro atoms. The molecule has 0 saturated carbocycles. The summed E-state index contributed by atoms with van der Waals surface area (Å²) in [5, 5.41) is 2.99. The fraction of sp³-hybridized carbons (Fsp3) is 0. The van der Waals surface area contributed by atoms with Gasteiger partial charge >= 0.3 is 5.76 Å². The second-order valence-electron chi connectivity index (χ2n) is 4.20. The summed E-state index contributed by atoms with van der Waals surface area (Å²) in [6.07, 6.45) is 0. The van der Waals surface area contributed by atoms with E-state index in [1.165, 1.54) is 12.1 Å². The SMILES string of the molecule is Nc1cc2oc(=O)[nH]c2cc1Nc1ccc(Br)c(F)c1. The molecule has 0 atom stereocenters. The van der Waals surface area contributed by atoms with Crippen LogP contribution >= 0.6 is 15.9 Å². The van der Waals surface area contributed by atoms with E-state index in [0.29, 0.717) is 32.6 Å². The highest BCUT2D eigenvalue weighted by Gasteiger charge is 2.08. The van der Waals surface area contributed by atoms with Crippen LogP contribution in [-0.2, 0) is 0 Å². The molecule has 0 fully saturated rings. The average molecular weight is 338 g/mol. The van der Waals surface area contributed by atoms with E-state index in [2.05, 4.69) is 26.2 Å².